The van der Waals surface area contributed by atoms with Crippen LogP contribution in [0.3, 0.4) is 0 Å². The van der Waals surface area contributed by atoms with E-state index in [1.807, 2.05) is 18.2 Å². The summed E-state index contributed by atoms with van der Waals surface area (Å²) in [5.41, 5.74) is 3.10. The molecule has 2 aromatic carbocycles. The summed E-state index contributed by atoms with van der Waals surface area (Å²) in [7, 11) is 1.41. The number of nitrogens with zero attached hydrogens (tertiary/aromatic N) is 1. The first kappa shape index (κ1) is 19.2. The molecule has 0 aliphatic carbocycles. The number of esters is 1. The van der Waals surface area contributed by atoms with Crippen LogP contribution in [0.25, 0.3) is 0 Å². The maximum Gasteiger partial charge on any atom is 0.337 e. The molecule has 0 fully saturated rings. The van der Waals surface area contributed by atoms with E-state index in [1.165, 1.54) is 12.7 Å². The standard InChI is InChI=1S/C19H23NO2.ClH/c1-3-20(15-17-8-5-4-6-9-17)13-12-16-10-7-11-18(14-16)19(21)22-2;/h4-11,14H,3,12-13,15H2,1-2H3;1H. The Hall–Kier alpha value is -1.84. The molecule has 3 nitrogen and oxygen atoms in total. The predicted octanol–water partition coefficient (Wildman–Crippen LogP) is 3.96. The molecule has 0 saturated carbocycles. The van der Waals surface area contributed by atoms with Crippen LogP contribution in [0.1, 0.15) is 28.4 Å². The SMILES string of the molecule is CCN(CCc1cccc(C(=O)OC)c1)Cc1ccccc1.Cl. The van der Waals surface area contributed by atoms with Crippen molar-refractivity contribution in [3.05, 3.63) is 71.3 Å². The molecule has 2 aromatic rings. The molecule has 0 atom stereocenters. The van der Waals surface area contributed by atoms with Gasteiger partial charge in [-0.05, 0) is 36.2 Å². The van der Waals surface area contributed by atoms with Crippen LogP contribution in [-0.4, -0.2) is 31.1 Å². The van der Waals surface area contributed by atoms with Gasteiger partial charge in [0.2, 0.25) is 0 Å². The largest absolute Gasteiger partial charge is 0.465 e. The molecule has 0 aromatic heterocycles. The zero-order valence-corrected chi connectivity index (χ0v) is 14.5. The second kappa shape index (κ2) is 10.0. The molecule has 0 aliphatic rings. The van der Waals surface area contributed by atoms with Crippen LogP contribution in [0.2, 0.25) is 0 Å². The minimum absolute atomic E-state index is 0. The lowest BCUT2D eigenvalue weighted by molar-refractivity contribution is 0.0600. The van der Waals surface area contributed by atoms with Gasteiger partial charge >= 0.3 is 5.97 Å². The van der Waals surface area contributed by atoms with Crippen molar-refractivity contribution in [1.82, 2.24) is 4.90 Å². The Balaban J connectivity index is 0.00000264. The lowest BCUT2D eigenvalue weighted by Gasteiger charge is -2.20. The normalized spacial score (nSPS) is 10.2. The lowest BCUT2D eigenvalue weighted by atomic mass is 10.1. The monoisotopic (exact) mass is 333 g/mol. The number of hydrogen-bond acceptors (Lipinski definition) is 3. The molecule has 0 saturated heterocycles. The number of methoxy groups -OCH3 is 1. The van der Waals surface area contributed by atoms with Gasteiger partial charge in [-0.25, -0.2) is 4.79 Å². The fourth-order valence-corrected chi connectivity index (χ4v) is 2.45. The summed E-state index contributed by atoms with van der Waals surface area (Å²) in [4.78, 5) is 14.0. The average molecular weight is 334 g/mol. The number of ether oxygens (including phenoxy) is 1. The van der Waals surface area contributed by atoms with Crippen molar-refractivity contribution >= 4 is 18.4 Å². The number of carbonyl (C=O) groups is 1. The van der Waals surface area contributed by atoms with Gasteiger partial charge < -0.3 is 4.74 Å². The van der Waals surface area contributed by atoms with E-state index in [-0.39, 0.29) is 18.4 Å². The Morgan fingerprint density at radius 1 is 1.04 bits per heavy atom. The summed E-state index contributed by atoms with van der Waals surface area (Å²) in [6, 6.07) is 18.2. The minimum atomic E-state index is -0.279. The van der Waals surface area contributed by atoms with Gasteiger partial charge in [0.05, 0.1) is 12.7 Å². The van der Waals surface area contributed by atoms with Crippen molar-refractivity contribution in [1.29, 1.82) is 0 Å². The first-order valence-corrected chi connectivity index (χ1v) is 7.66. The van der Waals surface area contributed by atoms with Gasteiger partial charge in [0.15, 0.2) is 0 Å². The summed E-state index contributed by atoms with van der Waals surface area (Å²) in [6.07, 6.45) is 0.922. The molecule has 0 heterocycles. The first-order chi connectivity index (χ1) is 10.7. The highest BCUT2D eigenvalue weighted by Crippen LogP contribution is 2.10. The fraction of sp³-hybridized carbons (Fsp3) is 0.316. The Bertz CT molecular complexity index is 601. The maximum absolute atomic E-state index is 11.6. The highest BCUT2D eigenvalue weighted by molar-refractivity contribution is 5.89. The van der Waals surface area contributed by atoms with Gasteiger partial charge in [0.25, 0.3) is 0 Å². The topological polar surface area (TPSA) is 29.5 Å². The van der Waals surface area contributed by atoms with E-state index in [2.05, 4.69) is 42.2 Å². The highest BCUT2D eigenvalue weighted by atomic mass is 35.5. The van der Waals surface area contributed by atoms with E-state index in [0.717, 1.165) is 31.6 Å². The lowest BCUT2D eigenvalue weighted by Crippen LogP contribution is -2.25. The van der Waals surface area contributed by atoms with Gasteiger partial charge in [-0.2, -0.15) is 0 Å². The molecule has 124 valence electrons. The van der Waals surface area contributed by atoms with Crippen molar-refractivity contribution in [2.24, 2.45) is 0 Å². The van der Waals surface area contributed by atoms with E-state index in [9.17, 15) is 4.79 Å². The molecule has 23 heavy (non-hydrogen) atoms. The number of rotatable bonds is 7. The molecule has 0 amide bonds. The quantitative estimate of drug-likeness (QED) is 0.718. The van der Waals surface area contributed by atoms with Crippen LogP contribution >= 0.6 is 12.4 Å². The predicted molar refractivity (Wildman–Crippen MR) is 96.1 cm³/mol. The van der Waals surface area contributed by atoms with Crippen LogP contribution < -0.4 is 0 Å². The molecule has 0 spiro atoms. The Morgan fingerprint density at radius 3 is 2.39 bits per heavy atom. The first-order valence-electron chi connectivity index (χ1n) is 7.66. The van der Waals surface area contributed by atoms with Crippen LogP contribution in [0.4, 0.5) is 0 Å². The molecular formula is C19H24ClNO2. The molecule has 0 aliphatic heterocycles. The summed E-state index contributed by atoms with van der Waals surface area (Å²) in [5.74, 6) is -0.279. The van der Waals surface area contributed by atoms with E-state index in [0.29, 0.717) is 5.56 Å². The molecule has 0 radical (unpaired) electrons. The zero-order chi connectivity index (χ0) is 15.8. The summed E-state index contributed by atoms with van der Waals surface area (Å²) < 4.78 is 4.77. The van der Waals surface area contributed by atoms with Crippen molar-refractivity contribution in [2.75, 3.05) is 20.2 Å². The highest BCUT2D eigenvalue weighted by Gasteiger charge is 2.07. The molecular weight excluding hydrogens is 310 g/mol. The second-order valence-electron chi connectivity index (χ2n) is 5.30. The fourth-order valence-electron chi connectivity index (χ4n) is 2.45. The van der Waals surface area contributed by atoms with E-state index in [1.54, 1.807) is 6.07 Å². The van der Waals surface area contributed by atoms with Gasteiger partial charge in [-0.3, -0.25) is 4.90 Å². The summed E-state index contributed by atoms with van der Waals surface area (Å²) in [6.45, 7) is 5.10. The maximum atomic E-state index is 11.6. The van der Waals surface area contributed by atoms with Gasteiger partial charge in [-0.1, -0.05) is 49.4 Å². The van der Waals surface area contributed by atoms with Crippen LogP contribution in [0.5, 0.6) is 0 Å². The number of carbonyl (C=O) groups excluding carboxylic acids is 1. The average Bonchev–Trinajstić information content (AvgIpc) is 2.59. The minimum Gasteiger partial charge on any atom is -0.465 e. The number of likely N-dealkylation sites (N-methyl/N-ethyl adjacent to an activating group) is 1. The molecule has 0 N–H and O–H groups in total. The van der Waals surface area contributed by atoms with Crippen LogP contribution in [-0.2, 0) is 17.7 Å². The summed E-state index contributed by atoms with van der Waals surface area (Å²) in [5, 5.41) is 0. The van der Waals surface area contributed by atoms with Gasteiger partial charge in [0, 0.05) is 13.1 Å². The van der Waals surface area contributed by atoms with Crippen molar-refractivity contribution in [3.8, 4) is 0 Å². The molecule has 0 bridgehead atoms. The van der Waals surface area contributed by atoms with Crippen molar-refractivity contribution in [3.63, 3.8) is 0 Å². The van der Waals surface area contributed by atoms with E-state index < -0.39 is 0 Å². The van der Waals surface area contributed by atoms with Crippen molar-refractivity contribution in [2.45, 2.75) is 19.9 Å². The Labute approximate surface area is 144 Å². The second-order valence-corrected chi connectivity index (χ2v) is 5.30. The Morgan fingerprint density at radius 2 is 1.74 bits per heavy atom. The van der Waals surface area contributed by atoms with E-state index >= 15 is 0 Å². The third kappa shape index (κ3) is 6.05. The zero-order valence-electron chi connectivity index (χ0n) is 13.7. The molecule has 2 rings (SSSR count). The van der Waals surface area contributed by atoms with E-state index in [4.69, 9.17) is 4.74 Å². The number of hydrogen-bond donors (Lipinski definition) is 0. The molecule has 4 heteroatoms. The third-order valence-corrected chi connectivity index (χ3v) is 3.76. The van der Waals surface area contributed by atoms with Crippen LogP contribution in [0, 0.1) is 0 Å². The molecule has 0 unspecified atom stereocenters. The summed E-state index contributed by atoms with van der Waals surface area (Å²) >= 11 is 0. The smallest absolute Gasteiger partial charge is 0.337 e. The van der Waals surface area contributed by atoms with Crippen LogP contribution in [0.15, 0.2) is 54.6 Å². The number of benzene rings is 2. The third-order valence-electron chi connectivity index (χ3n) is 3.76. The van der Waals surface area contributed by atoms with Gasteiger partial charge in [0.1, 0.15) is 0 Å². The van der Waals surface area contributed by atoms with Gasteiger partial charge in [-0.15, -0.1) is 12.4 Å². The number of halogens is 1. The van der Waals surface area contributed by atoms with Crippen molar-refractivity contribution < 1.29 is 9.53 Å². The Kier molecular flexibility index (Phi) is 8.38.